The Bertz CT molecular complexity index is 304. The second kappa shape index (κ2) is 5.52. The molecule has 2 fully saturated rings. The third-order valence-corrected chi connectivity index (χ3v) is 4.04. The van der Waals surface area contributed by atoms with Crippen molar-refractivity contribution in [1.29, 1.82) is 0 Å². The minimum atomic E-state index is -0.155. The van der Waals surface area contributed by atoms with Crippen LogP contribution in [0.2, 0.25) is 0 Å². The molecule has 1 saturated heterocycles. The van der Waals surface area contributed by atoms with E-state index in [1.54, 1.807) is 0 Å². The molecule has 1 aliphatic heterocycles. The van der Waals surface area contributed by atoms with Crippen LogP contribution in [-0.4, -0.2) is 24.4 Å². The summed E-state index contributed by atoms with van der Waals surface area (Å²) in [6.45, 7) is 2.72. The molecule has 1 heterocycles. The number of carbonyl (C=O) groups excluding carboxylic acids is 2. The van der Waals surface area contributed by atoms with Crippen LogP contribution in [-0.2, 0) is 9.59 Å². The highest BCUT2D eigenvalue weighted by molar-refractivity contribution is 5.89. The van der Waals surface area contributed by atoms with E-state index < -0.39 is 0 Å². The fourth-order valence-corrected chi connectivity index (χ4v) is 2.80. The molecule has 0 aromatic heterocycles. The zero-order valence-electron chi connectivity index (χ0n) is 10.5. The van der Waals surface area contributed by atoms with Crippen LogP contribution in [0.4, 0.5) is 0 Å². The fraction of sp³-hybridized carbons (Fsp3) is 0.846. The molecule has 3 unspecified atom stereocenters. The van der Waals surface area contributed by atoms with Gasteiger partial charge in [-0.2, -0.15) is 0 Å². The predicted molar refractivity (Wildman–Crippen MR) is 65.3 cm³/mol. The van der Waals surface area contributed by atoms with Gasteiger partial charge in [-0.05, 0) is 18.8 Å². The van der Waals surface area contributed by atoms with Gasteiger partial charge < -0.3 is 10.6 Å². The van der Waals surface area contributed by atoms with Crippen LogP contribution in [0.1, 0.15) is 45.4 Å². The normalized spacial score (nSPS) is 33.9. The number of nitrogens with one attached hydrogen (secondary N) is 2. The second-order valence-corrected chi connectivity index (χ2v) is 5.44. The van der Waals surface area contributed by atoms with Crippen molar-refractivity contribution in [3.05, 3.63) is 0 Å². The van der Waals surface area contributed by atoms with Crippen LogP contribution in [0.3, 0.4) is 0 Å². The first-order valence-electron chi connectivity index (χ1n) is 6.74. The van der Waals surface area contributed by atoms with Crippen LogP contribution in [0.25, 0.3) is 0 Å². The molecule has 1 aliphatic carbocycles. The summed E-state index contributed by atoms with van der Waals surface area (Å²) >= 11 is 0. The lowest BCUT2D eigenvalue weighted by Crippen LogP contribution is -2.42. The maximum absolute atomic E-state index is 12.0. The van der Waals surface area contributed by atoms with Gasteiger partial charge >= 0.3 is 0 Å². The molecule has 0 bridgehead atoms. The Hall–Kier alpha value is -1.06. The Labute approximate surface area is 103 Å². The Kier molecular flexibility index (Phi) is 4.02. The van der Waals surface area contributed by atoms with E-state index in [1.165, 1.54) is 25.7 Å². The number of rotatable bonds is 2. The molecule has 2 rings (SSSR count). The van der Waals surface area contributed by atoms with Crippen molar-refractivity contribution >= 4 is 11.8 Å². The average molecular weight is 238 g/mol. The Morgan fingerprint density at radius 2 is 2.06 bits per heavy atom. The zero-order valence-corrected chi connectivity index (χ0v) is 10.5. The maximum Gasteiger partial charge on any atom is 0.225 e. The third kappa shape index (κ3) is 3.20. The largest absolute Gasteiger partial charge is 0.355 e. The van der Waals surface area contributed by atoms with Gasteiger partial charge in [0.05, 0.1) is 5.92 Å². The molecule has 96 valence electrons. The molecule has 1 saturated carbocycles. The van der Waals surface area contributed by atoms with E-state index in [0.29, 0.717) is 24.9 Å². The number of hydrogen-bond acceptors (Lipinski definition) is 2. The molecular formula is C13H22N2O2. The van der Waals surface area contributed by atoms with Crippen LogP contribution in [0, 0.1) is 11.8 Å². The molecule has 4 nitrogen and oxygen atoms in total. The van der Waals surface area contributed by atoms with Crippen molar-refractivity contribution in [3.8, 4) is 0 Å². The highest BCUT2D eigenvalue weighted by Crippen LogP contribution is 2.23. The predicted octanol–water partition coefficient (Wildman–Crippen LogP) is 1.21. The lowest BCUT2D eigenvalue weighted by atomic mass is 9.96. The number of amides is 2. The standard InChI is InChI=1S/C13H22N2O2/c1-9-5-3-2-4-6-11(9)15-13(17)10-7-12(16)14-8-10/h9-11H,2-8H2,1H3,(H,14,16)(H,15,17). The Morgan fingerprint density at radius 1 is 1.29 bits per heavy atom. The van der Waals surface area contributed by atoms with E-state index in [0.717, 1.165) is 6.42 Å². The van der Waals surface area contributed by atoms with E-state index in [9.17, 15) is 9.59 Å². The minimum absolute atomic E-state index is 0.000866. The van der Waals surface area contributed by atoms with Crippen molar-refractivity contribution in [1.82, 2.24) is 10.6 Å². The summed E-state index contributed by atoms with van der Waals surface area (Å²) < 4.78 is 0. The van der Waals surface area contributed by atoms with Crippen LogP contribution in [0.5, 0.6) is 0 Å². The number of hydrogen-bond donors (Lipinski definition) is 2. The Balaban J connectivity index is 1.86. The summed E-state index contributed by atoms with van der Waals surface area (Å²) in [6, 6.07) is 0.306. The molecule has 0 aromatic rings. The van der Waals surface area contributed by atoms with Gasteiger partial charge in [-0.15, -0.1) is 0 Å². The van der Waals surface area contributed by atoms with Crippen molar-refractivity contribution < 1.29 is 9.59 Å². The molecule has 17 heavy (non-hydrogen) atoms. The van der Waals surface area contributed by atoms with Gasteiger partial charge in [-0.1, -0.05) is 26.2 Å². The van der Waals surface area contributed by atoms with E-state index in [-0.39, 0.29) is 17.7 Å². The summed E-state index contributed by atoms with van der Waals surface area (Å²) in [4.78, 5) is 23.1. The first kappa shape index (κ1) is 12.4. The summed E-state index contributed by atoms with van der Waals surface area (Å²) in [6.07, 6.45) is 6.40. The van der Waals surface area contributed by atoms with Gasteiger partial charge in [-0.3, -0.25) is 9.59 Å². The van der Waals surface area contributed by atoms with Crippen molar-refractivity contribution in [3.63, 3.8) is 0 Å². The first-order valence-corrected chi connectivity index (χ1v) is 6.74. The quantitative estimate of drug-likeness (QED) is 0.710. The highest BCUT2D eigenvalue weighted by atomic mass is 16.2. The lowest BCUT2D eigenvalue weighted by molar-refractivity contribution is -0.127. The molecule has 2 aliphatic rings. The van der Waals surface area contributed by atoms with E-state index in [4.69, 9.17) is 0 Å². The van der Waals surface area contributed by atoms with Gasteiger partial charge in [0, 0.05) is 19.0 Å². The third-order valence-electron chi connectivity index (χ3n) is 4.04. The maximum atomic E-state index is 12.0. The number of carbonyl (C=O) groups is 2. The van der Waals surface area contributed by atoms with Crippen LogP contribution in [0.15, 0.2) is 0 Å². The minimum Gasteiger partial charge on any atom is -0.355 e. The molecule has 3 atom stereocenters. The summed E-state index contributed by atoms with van der Waals surface area (Å²) in [5.41, 5.74) is 0. The average Bonchev–Trinajstić information content (AvgIpc) is 2.63. The molecule has 4 heteroatoms. The van der Waals surface area contributed by atoms with E-state index in [2.05, 4.69) is 17.6 Å². The van der Waals surface area contributed by atoms with Gasteiger partial charge in [0.15, 0.2) is 0 Å². The summed E-state index contributed by atoms with van der Waals surface area (Å²) in [5, 5.41) is 5.85. The van der Waals surface area contributed by atoms with E-state index in [1.807, 2.05) is 0 Å². The molecule has 2 N–H and O–H groups in total. The molecule has 0 aromatic carbocycles. The molecular weight excluding hydrogens is 216 g/mol. The SMILES string of the molecule is CC1CCCCCC1NC(=O)C1CNC(=O)C1. The molecule has 2 amide bonds. The molecule has 0 radical (unpaired) electrons. The van der Waals surface area contributed by atoms with Gasteiger partial charge in [0.1, 0.15) is 0 Å². The monoisotopic (exact) mass is 238 g/mol. The van der Waals surface area contributed by atoms with Gasteiger partial charge in [-0.25, -0.2) is 0 Å². The van der Waals surface area contributed by atoms with Crippen LogP contribution >= 0.6 is 0 Å². The summed E-state index contributed by atoms with van der Waals surface area (Å²) in [5.74, 6) is 0.464. The first-order chi connectivity index (χ1) is 8.16. The molecule has 0 spiro atoms. The van der Waals surface area contributed by atoms with E-state index >= 15 is 0 Å². The van der Waals surface area contributed by atoms with Gasteiger partial charge in [0.2, 0.25) is 11.8 Å². The smallest absolute Gasteiger partial charge is 0.225 e. The lowest BCUT2D eigenvalue weighted by Gasteiger charge is -2.24. The topological polar surface area (TPSA) is 58.2 Å². The van der Waals surface area contributed by atoms with Crippen molar-refractivity contribution in [2.24, 2.45) is 11.8 Å². The summed E-state index contributed by atoms with van der Waals surface area (Å²) in [7, 11) is 0. The Morgan fingerprint density at radius 3 is 2.76 bits per heavy atom. The highest BCUT2D eigenvalue weighted by Gasteiger charge is 2.30. The fourth-order valence-electron chi connectivity index (χ4n) is 2.80. The zero-order chi connectivity index (χ0) is 12.3. The van der Waals surface area contributed by atoms with Crippen LogP contribution < -0.4 is 10.6 Å². The van der Waals surface area contributed by atoms with Gasteiger partial charge in [0.25, 0.3) is 0 Å². The second-order valence-electron chi connectivity index (χ2n) is 5.44. The van der Waals surface area contributed by atoms with Crippen molar-refractivity contribution in [2.45, 2.75) is 51.5 Å². The van der Waals surface area contributed by atoms with Crippen molar-refractivity contribution in [2.75, 3.05) is 6.54 Å².